The number of hydrogen-bond acceptors (Lipinski definition) is 2. The first-order valence-corrected chi connectivity index (χ1v) is 9.38. The largest absolute Gasteiger partial charge is 0.323 e. The Balaban J connectivity index is 1.47. The van der Waals surface area contributed by atoms with Gasteiger partial charge in [0.2, 0.25) is 5.91 Å². The van der Waals surface area contributed by atoms with E-state index in [-0.39, 0.29) is 17.5 Å². The molecule has 1 heterocycles. The van der Waals surface area contributed by atoms with Gasteiger partial charge in [-0.1, -0.05) is 31.0 Å². The molecule has 1 fully saturated rings. The second-order valence-corrected chi connectivity index (χ2v) is 7.12. The fourth-order valence-corrected chi connectivity index (χ4v) is 3.93. The van der Waals surface area contributed by atoms with E-state index >= 15 is 0 Å². The molecule has 1 aliphatic carbocycles. The minimum atomic E-state index is -0.522. The van der Waals surface area contributed by atoms with E-state index in [1.807, 2.05) is 23.1 Å². The molecule has 0 atom stereocenters. The number of para-hydroxylation sites is 1. The second-order valence-electron chi connectivity index (χ2n) is 7.12. The zero-order valence-electron chi connectivity index (χ0n) is 15.0. The van der Waals surface area contributed by atoms with Crippen LogP contribution in [0, 0.1) is 11.7 Å². The number of nitrogens with one attached hydrogen (secondary N) is 2. The summed E-state index contributed by atoms with van der Waals surface area (Å²) in [6.07, 6.45) is 5.00. The zero-order valence-corrected chi connectivity index (χ0v) is 15.0. The number of rotatable bonds is 3. The minimum absolute atomic E-state index is 0.120. The quantitative estimate of drug-likeness (QED) is 0.836. The van der Waals surface area contributed by atoms with Crippen LogP contribution in [0.3, 0.4) is 0 Å². The van der Waals surface area contributed by atoms with E-state index in [0.717, 1.165) is 43.4 Å². The highest BCUT2D eigenvalue weighted by Gasteiger charge is 2.31. The smallest absolute Gasteiger partial charge is 0.312 e. The van der Waals surface area contributed by atoms with Gasteiger partial charge in [-0.2, -0.15) is 0 Å². The molecule has 0 aromatic heterocycles. The molecule has 4 rings (SSSR count). The predicted molar refractivity (Wildman–Crippen MR) is 103 cm³/mol. The van der Waals surface area contributed by atoms with Crippen LogP contribution in [0.4, 0.5) is 26.2 Å². The monoisotopic (exact) mass is 367 g/mol. The van der Waals surface area contributed by atoms with Gasteiger partial charge in [-0.05, 0) is 49.1 Å². The molecule has 2 aromatic carbocycles. The Kier molecular flexibility index (Phi) is 4.79. The first kappa shape index (κ1) is 17.5. The van der Waals surface area contributed by atoms with Crippen LogP contribution in [0.5, 0.6) is 0 Å². The molecule has 0 unspecified atom stereocenters. The average molecular weight is 367 g/mol. The third kappa shape index (κ3) is 3.65. The van der Waals surface area contributed by atoms with Gasteiger partial charge in [-0.25, -0.2) is 9.18 Å². The van der Waals surface area contributed by atoms with Crippen LogP contribution in [0.1, 0.15) is 31.2 Å². The Hall–Kier alpha value is -2.89. The highest BCUT2D eigenvalue weighted by Crippen LogP contribution is 2.35. The van der Waals surface area contributed by atoms with Crippen LogP contribution < -0.4 is 15.5 Å². The van der Waals surface area contributed by atoms with Crippen molar-refractivity contribution < 1.29 is 14.0 Å². The standard InChI is InChI=1S/C21H22FN3O2/c22-17-7-3-4-8-18(17)24-21(27)23-16-10-9-14-11-12-25(19(14)13-16)20(26)15-5-1-2-6-15/h3-4,7-10,13,15H,1-2,5-6,11-12H2,(H2,23,24,27). The van der Waals surface area contributed by atoms with Crippen molar-refractivity contribution in [2.24, 2.45) is 5.92 Å². The third-order valence-electron chi connectivity index (χ3n) is 5.33. The third-order valence-corrected chi connectivity index (χ3v) is 5.33. The summed E-state index contributed by atoms with van der Waals surface area (Å²) in [5, 5.41) is 5.22. The Morgan fingerprint density at radius 2 is 1.81 bits per heavy atom. The number of urea groups is 1. The number of benzene rings is 2. The maximum atomic E-state index is 13.7. The van der Waals surface area contributed by atoms with Crippen molar-refractivity contribution in [2.75, 3.05) is 22.1 Å². The number of fused-ring (bicyclic) bond motifs is 1. The summed E-state index contributed by atoms with van der Waals surface area (Å²) in [5.74, 6) is -0.175. The fraction of sp³-hybridized carbons (Fsp3) is 0.333. The van der Waals surface area contributed by atoms with E-state index < -0.39 is 11.8 Å². The molecule has 1 saturated carbocycles. The molecule has 140 valence electrons. The highest BCUT2D eigenvalue weighted by atomic mass is 19.1. The van der Waals surface area contributed by atoms with E-state index in [4.69, 9.17) is 0 Å². The van der Waals surface area contributed by atoms with E-state index in [1.165, 1.54) is 12.1 Å². The molecule has 3 amide bonds. The van der Waals surface area contributed by atoms with Crippen LogP contribution in [0.25, 0.3) is 0 Å². The van der Waals surface area contributed by atoms with Gasteiger partial charge in [0.05, 0.1) is 5.69 Å². The van der Waals surface area contributed by atoms with Crippen LogP contribution in [0.15, 0.2) is 42.5 Å². The molecule has 2 aliphatic rings. The summed E-state index contributed by atoms with van der Waals surface area (Å²) in [4.78, 5) is 26.8. The molecule has 0 spiro atoms. The summed E-state index contributed by atoms with van der Waals surface area (Å²) in [6, 6.07) is 11.1. The molecule has 2 N–H and O–H groups in total. The summed E-state index contributed by atoms with van der Waals surface area (Å²) in [6.45, 7) is 0.690. The number of amides is 3. The molecular weight excluding hydrogens is 345 g/mol. The van der Waals surface area contributed by atoms with Crippen molar-refractivity contribution in [3.05, 3.63) is 53.8 Å². The second kappa shape index (κ2) is 7.39. The van der Waals surface area contributed by atoms with Gasteiger partial charge >= 0.3 is 6.03 Å². The number of halogens is 1. The van der Waals surface area contributed by atoms with Gasteiger partial charge in [0.15, 0.2) is 0 Å². The summed E-state index contributed by atoms with van der Waals surface area (Å²) < 4.78 is 13.7. The van der Waals surface area contributed by atoms with Crippen molar-refractivity contribution in [1.82, 2.24) is 0 Å². The maximum absolute atomic E-state index is 13.7. The lowest BCUT2D eigenvalue weighted by Crippen LogP contribution is -2.33. The normalized spacial score (nSPS) is 16.3. The van der Waals surface area contributed by atoms with E-state index in [9.17, 15) is 14.0 Å². The van der Waals surface area contributed by atoms with Crippen molar-refractivity contribution in [2.45, 2.75) is 32.1 Å². The Morgan fingerprint density at radius 1 is 1.04 bits per heavy atom. The summed E-state index contributed by atoms with van der Waals surface area (Å²) in [5.41, 5.74) is 2.68. The Morgan fingerprint density at radius 3 is 2.59 bits per heavy atom. The lowest BCUT2D eigenvalue weighted by molar-refractivity contribution is -0.122. The number of carbonyl (C=O) groups excluding carboxylic acids is 2. The number of hydrogen-bond donors (Lipinski definition) is 2. The molecule has 2 aromatic rings. The topological polar surface area (TPSA) is 61.4 Å². The predicted octanol–water partition coefficient (Wildman–Crippen LogP) is 4.55. The molecule has 6 heteroatoms. The Bertz CT molecular complexity index is 877. The van der Waals surface area contributed by atoms with Gasteiger partial charge in [0, 0.05) is 23.8 Å². The van der Waals surface area contributed by atoms with Gasteiger partial charge in [0.1, 0.15) is 5.82 Å². The molecule has 5 nitrogen and oxygen atoms in total. The summed E-state index contributed by atoms with van der Waals surface area (Å²) in [7, 11) is 0. The van der Waals surface area contributed by atoms with Gasteiger partial charge in [0.25, 0.3) is 0 Å². The highest BCUT2D eigenvalue weighted by molar-refractivity contribution is 6.01. The van der Waals surface area contributed by atoms with Gasteiger partial charge in [-0.15, -0.1) is 0 Å². The molecular formula is C21H22FN3O2. The van der Waals surface area contributed by atoms with Gasteiger partial charge < -0.3 is 15.5 Å². The van der Waals surface area contributed by atoms with Crippen LogP contribution in [-0.2, 0) is 11.2 Å². The van der Waals surface area contributed by atoms with E-state index in [2.05, 4.69) is 10.6 Å². The molecule has 0 bridgehead atoms. The van der Waals surface area contributed by atoms with Crippen LogP contribution >= 0.6 is 0 Å². The molecule has 0 radical (unpaired) electrons. The fourth-order valence-electron chi connectivity index (χ4n) is 3.93. The average Bonchev–Trinajstić information content (AvgIpc) is 3.32. The van der Waals surface area contributed by atoms with Gasteiger partial charge in [-0.3, -0.25) is 4.79 Å². The molecule has 1 aliphatic heterocycles. The van der Waals surface area contributed by atoms with Crippen LogP contribution in [-0.4, -0.2) is 18.5 Å². The van der Waals surface area contributed by atoms with Crippen LogP contribution in [0.2, 0.25) is 0 Å². The SMILES string of the molecule is O=C(Nc1ccc2c(c1)N(C(=O)C1CCCC1)CC2)Nc1ccccc1F. The molecule has 27 heavy (non-hydrogen) atoms. The van der Waals surface area contributed by atoms with E-state index in [1.54, 1.807) is 12.1 Å². The maximum Gasteiger partial charge on any atom is 0.323 e. The number of carbonyl (C=O) groups is 2. The summed E-state index contributed by atoms with van der Waals surface area (Å²) >= 11 is 0. The Labute approximate surface area is 157 Å². The first-order chi connectivity index (χ1) is 13.1. The van der Waals surface area contributed by atoms with Crippen molar-refractivity contribution >= 4 is 29.0 Å². The number of nitrogens with zero attached hydrogens (tertiary/aromatic N) is 1. The van der Waals surface area contributed by atoms with Crippen molar-refractivity contribution in [1.29, 1.82) is 0 Å². The minimum Gasteiger partial charge on any atom is -0.312 e. The lowest BCUT2D eigenvalue weighted by Gasteiger charge is -2.21. The zero-order chi connectivity index (χ0) is 18.8. The van der Waals surface area contributed by atoms with Crippen molar-refractivity contribution in [3.8, 4) is 0 Å². The molecule has 0 saturated heterocycles. The number of anilines is 3. The van der Waals surface area contributed by atoms with Crippen molar-refractivity contribution in [3.63, 3.8) is 0 Å². The first-order valence-electron chi connectivity index (χ1n) is 9.38. The lowest BCUT2D eigenvalue weighted by atomic mass is 10.1. The van der Waals surface area contributed by atoms with E-state index in [0.29, 0.717) is 12.2 Å².